The summed E-state index contributed by atoms with van der Waals surface area (Å²) in [6, 6.07) is 0.438. The van der Waals surface area contributed by atoms with Gasteiger partial charge in [0.1, 0.15) is 0 Å². The lowest BCUT2D eigenvalue weighted by Gasteiger charge is -2.30. The molecule has 0 aromatic heterocycles. The first kappa shape index (κ1) is 10.4. The molecule has 2 nitrogen and oxygen atoms in total. The zero-order valence-electron chi connectivity index (χ0n) is 7.96. The summed E-state index contributed by atoms with van der Waals surface area (Å²) in [5.41, 5.74) is 5.88. The molecule has 0 spiro atoms. The fourth-order valence-corrected chi connectivity index (χ4v) is 2.14. The normalized spacial score (nSPS) is 26.0. The van der Waals surface area contributed by atoms with Crippen LogP contribution in [0.4, 0.5) is 0 Å². The standard InChI is InChI=1S/C9H20N2S/c1-12-7-3-6-11-5-2-4-9(10)8-11/h9H,2-8,10H2,1H3. The Balaban J connectivity index is 2.06. The summed E-state index contributed by atoms with van der Waals surface area (Å²) < 4.78 is 0. The van der Waals surface area contributed by atoms with Gasteiger partial charge in [-0.25, -0.2) is 0 Å². The van der Waals surface area contributed by atoms with E-state index in [0.717, 1.165) is 6.54 Å². The second kappa shape index (κ2) is 5.84. The van der Waals surface area contributed by atoms with Gasteiger partial charge in [0.05, 0.1) is 0 Å². The summed E-state index contributed by atoms with van der Waals surface area (Å²) in [5, 5.41) is 0. The van der Waals surface area contributed by atoms with E-state index in [2.05, 4.69) is 11.2 Å². The van der Waals surface area contributed by atoms with Gasteiger partial charge < -0.3 is 10.6 Å². The second-order valence-corrected chi connectivity index (χ2v) is 4.53. The Bertz CT molecular complexity index is 119. The molecule has 1 heterocycles. The summed E-state index contributed by atoms with van der Waals surface area (Å²) in [7, 11) is 0. The number of hydrogen-bond acceptors (Lipinski definition) is 3. The highest BCUT2D eigenvalue weighted by molar-refractivity contribution is 7.98. The molecule has 0 saturated carbocycles. The molecule has 1 aliphatic heterocycles. The monoisotopic (exact) mass is 188 g/mol. The average molecular weight is 188 g/mol. The molecule has 12 heavy (non-hydrogen) atoms. The SMILES string of the molecule is CSCCCN1CCCC(N)C1. The molecule has 1 unspecified atom stereocenters. The maximum Gasteiger partial charge on any atom is 0.0168 e. The van der Waals surface area contributed by atoms with Gasteiger partial charge in [-0.2, -0.15) is 11.8 Å². The van der Waals surface area contributed by atoms with E-state index >= 15 is 0 Å². The zero-order valence-corrected chi connectivity index (χ0v) is 8.78. The summed E-state index contributed by atoms with van der Waals surface area (Å²) >= 11 is 1.93. The van der Waals surface area contributed by atoms with Gasteiger partial charge in [-0.15, -0.1) is 0 Å². The van der Waals surface area contributed by atoms with Gasteiger partial charge >= 0.3 is 0 Å². The predicted molar refractivity (Wildman–Crippen MR) is 56.6 cm³/mol. The molecular weight excluding hydrogens is 168 g/mol. The van der Waals surface area contributed by atoms with E-state index < -0.39 is 0 Å². The molecule has 0 aromatic carbocycles. The van der Waals surface area contributed by atoms with Gasteiger partial charge in [-0.1, -0.05) is 0 Å². The average Bonchev–Trinajstić information content (AvgIpc) is 2.05. The molecule has 0 bridgehead atoms. The molecule has 1 fully saturated rings. The summed E-state index contributed by atoms with van der Waals surface area (Å²) in [5.74, 6) is 1.28. The highest BCUT2D eigenvalue weighted by atomic mass is 32.2. The van der Waals surface area contributed by atoms with Crippen LogP contribution in [0.2, 0.25) is 0 Å². The highest BCUT2D eigenvalue weighted by Crippen LogP contribution is 2.09. The molecule has 72 valence electrons. The van der Waals surface area contributed by atoms with Gasteiger partial charge in [0, 0.05) is 12.6 Å². The Kier molecular flexibility index (Phi) is 5.04. The van der Waals surface area contributed by atoms with E-state index in [0.29, 0.717) is 6.04 Å². The maximum atomic E-state index is 5.88. The third kappa shape index (κ3) is 3.78. The number of likely N-dealkylation sites (tertiary alicyclic amines) is 1. The molecule has 0 aliphatic carbocycles. The molecule has 3 heteroatoms. The maximum absolute atomic E-state index is 5.88. The number of thioether (sulfide) groups is 1. The Morgan fingerprint density at radius 1 is 1.58 bits per heavy atom. The molecule has 1 saturated heterocycles. The van der Waals surface area contributed by atoms with E-state index in [1.807, 2.05) is 11.8 Å². The van der Waals surface area contributed by atoms with Crippen LogP contribution in [0.3, 0.4) is 0 Å². The molecule has 0 aromatic rings. The third-order valence-corrected chi connectivity index (χ3v) is 3.06. The van der Waals surface area contributed by atoms with Crippen LogP contribution < -0.4 is 5.73 Å². The van der Waals surface area contributed by atoms with Gasteiger partial charge in [0.2, 0.25) is 0 Å². The van der Waals surface area contributed by atoms with Crippen LogP contribution >= 0.6 is 11.8 Å². The molecular formula is C9H20N2S. The van der Waals surface area contributed by atoms with Crippen molar-refractivity contribution in [3.8, 4) is 0 Å². The van der Waals surface area contributed by atoms with Crippen molar-refractivity contribution in [1.29, 1.82) is 0 Å². The van der Waals surface area contributed by atoms with E-state index in [-0.39, 0.29) is 0 Å². The lowest BCUT2D eigenvalue weighted by Crippen LogP contribution is -2.43. The number of hydrogen-bond donors (Lipinski definition) is 1. The number of nitrogens with zero attached hydrogens (tertiary/aromatic N) is 1. The van der Waals surface area contributed by atoms with Crippen LogP contribution in [-0.4, -0.2) is 42.6 Å². The van der Waals surface area contributed by atoms with Crippen LogP contribution in [0.15, 0.2) is 0 Å². The summed E-state index contributed by atoms with van der Waals surface area (Å²) in [6.45, 7) is 3.63. The molecule has 2 N–H and O–H groups in total. The van der Waals surface area contributed by atoms with Crippen molar-refractivity contribution in [3.63, 3.8) is 0 Å². The van der Waals surface area contributed by atoms with Crippen molar-refractivity contribution in [2.45, 2.75) is 25.3 Å². The lowest BCUT2D eigenvalue weighted by atomic mass is 10.1. The van der Waals surface area contributed by atoms with E-state index in [1.165, 1.54) is 38.1 Å². The Labute approximate surface area is 79.9 Å². The van der Waals surface area contributed by atoms with Crippen molar-refractivity contribution in [3.05, 3.63) is 0 Å². The third-order valence-electron chi connectivity index (χ3n) is 2.36. The smallest absolute Gasteiger partial charge is 0.0168 e. The molecule has 1 aliphatic rings. The quantitative estimate of drug-likeness (QED) is 0.671. The lowest BCUT2D eigenvalue weighted by molar-refractivity contribution is 0.210. The van der Waals surface area contributed by atoms with Gasteiger partial charge in [-0.05, 0) is 44.4 Å². The van der Waals surface area contributed by atoms with Crippen LogP contribution in [0.1, 0.15) is 19.3 Å². The topological polar surface area (TPSA) is 29.3 Å². The Morgan fingerprint density at radius 3 is 3.08 bits per heavy atom. The van der Waals surface area contributed by atoms with Crippen molar-refractivity contribution >= 4 is 11.8 Å². The summed E-state index contributed by atoms with van der Waals surface area (Å²) in [4.78, 5) is 2.50. The van der Waals surface area contributed by atoms with Crippen molar-refractivity contribution in [2.75, 3.05) is 31.6 Å². The largest absolute Gasteiger partial charge is 0.327 e. The minimum Gasteiger partial charge on any atom is -0.327 e. The Morgan fingerprint density at radius 2 is 2.42 bits per heavy atom. The van der Waals surface area contributed by atoms with Gasteiger partial charge in [0.15, 0.2) is 0 Å². The molecule has 1 atom stereocenters. The number of rotatable bonds is 4. The molecule has 0 radical (unpaired) electrons. The van der Waals surface area contributed by atoms with Crippen molar-refractivity contribution in [2.24, 2.45) is 5.73 Å². The van der Waals surface area contributed by atoms with Gasteiger partial charge in [0.25, 0.3) is 0 Å². The van der Waals surface area contributed by atoms with Crippen LogP contribution in [-0.2, 0) is 0 Å². The summed E-state index contributed by atoms with van der Waals surface area (Å²) in [6.07, 6.45) is 6.00. The number of piperidine rings is 1. The van der Waals surface area contributed by atoms with E-state index in [9.17, 15) is 0 Å². The molecule has 1 rings (SSSR count). The molecule has 0 amide bonds. The second-order valence-electron chi connectivity index (χ2n) is 3.55. The predicted octanol–water partition coefficient (Wildman–Crippen LogP) is 1.16. The fraction of sp³-hybridized carbons (Fsp3) is 1.00. The number of nitrogens with two attached hydrogens (primary N) is 1. The van der Waals surface area contributed by atoms with Crippen LogP contribution in [0.5, 0.6) is 0 Å². The first-order chi connectivity index (χ1) is 5.83. The zero-order chi connectivity index (χ0) is 8.81. The minimum atomic E-state index is 0.438. The van der Waals surface area contributed by atoms with E-state index in [4.69, 9.17) is 5.73 Å². The first-order valence-corrected chi connectivity index (χ1v) is 6.19. The van der Waals surface area contributed by atoms with E-state index in [1.54, 1.807) is 0 Å². The van der Waals surface area contributed by atoms with Gasteiger partial charge in [-0.3, -0.25) is 0 Å². The Hall–Kier alpha value is 0.270. The highest BCUT2D eigenvalue weighted by Gasteiger charge is 2.15. The first-order valence-electron chi connectivity index (χ1n) is 4.80. The van der Waals surface area contributed by atoms with Crippen molar-refractivity contribution < 1.29 is 0 Å². The van der Waals surface area contributed by atoms with Crippen molar-refractivity contribution in [1.82, 2.24) is 4.90 Å². The van der Waals surface area contributed by atoms with Crippen LogP contribution in [0.25, 0.3) is 0 Å². The van der Waals surface area contributed by atoms with Crippen LogP contribution in [0, 0.1) is 0 Å². The fourth-order valence-electron chi connectivity index (χ4n) is 1.73. The minimum absolute atomic E-state index is 0.438.